The van der Waals surface area contributed by atoms with Crippen LogP contribution in [-0.2, 0) is 46.7 Å². The first-order valence-electron chi connectivity index (χ1n) is 11.7. The molecule has 0 fully saturated rings. The minimum Gasteiger partial charge on any atom is -0.367 e. The zero-order valence-electron chi connectivity index (χ0n) is 20.0. The Labute approximate surface area is 194 Å². The summed E-state index contributed by atoms with van der Waals surface area (Å²) in [5, 5.41) is 0. The molecule has 0 saturated carbocycles. The maximum Gasteiger partial charge on any atom is 0.150 e. The summed E-state index contributed by atoms with van der Waals surface area (Å²) < 4.78 is 6.68. The van der Waals surface area contributed by atoms with E-state index in [9.17, 15) is 0 Å². The number of fused-ring (bicyclic) bond motifs is 2. The van der Waals surface area contributed by atoms with Gasteiger partial charge in [-0.1, -0.05) is 48.5 Å². The van der Waals surface area contributed by atoms with Crippen LogP contribution in [0.5, 0.6) is 0 Å². The van der Waals surface area contributed by atoms with Crippen LogP contribution >= 0.6 is 0 Å². The predicted octanol–water partition coefficient (Wildman–Crippen LogP) is 5.84. The van der Waals surface area contributed by atoms with Gasteiger partial charge in [0.1, 0.15) is 22.4 Å². The molecule has 2 aliphatic carbocycles. The summed E-state index contributed by atoms with van der Waals surface area (Å²) in [6.45, 7) is 12.3. The van der Waals surface area contributed by atoms with E-state index in [1.54, 1.807) is 0 Å². The van der Waals surface area contributed by atoms with Crippen molar-refractivity contribution in [3.8, 4) is 0 Å². The molecule has 2 aromatic rings. The minimum absolute atomic E-state index is 0.199. The minimum atomic E-state index is -0.699. The van der Waals surface area contributed by atoms with Crippen LogP contribution in [0.2, 0.25) is 0 Å². The zero-order chi connectivity index (χ0) is 23.2. The van der Waals surface area contributed by atoms with Crippen molar-refractivity contribution in [2.24, 2.45) is 0 Å². The van der Waals surface area contributed by atoms with Crippen LogP contribution in [-0.4, -0.2) is 12.2 Å². The summed E-state index contributed by atoms with van der Waals surface area (Å²) in [5.41, 5.74) is 3.99. The SMILES string of the molecule is CC(OC(C)C1=CC2(C)OOC1(C)c1ccccc12)C1=CC2(C)OOC1(C)c1ccccc12. The summed E-state index contributed by atoms with van der Waals surface area (Å²) in [6.07, 6.45) is 3.93. The number of rotatable bonds is 4. The fourth-order valence-electron chi connectivity index (χ4n) is 6.13. The Morgan fingerprint density at radius 3 is 1.33 bits per heavy atom. The van der Waals surface area contributed by atoms with Gasteiger partial charge in [-0.3, -0.25) is 0 Å². The molecule has 0 spiro atoms. The van der Waals surface area contributed by atoms with Crippen LogP contribution in [0, 0.1) is 0 Å². The Balaban J connectivity index is 1.34. The third-order valence-corrected chi connectivity index (χ3v) is 7.96. The Bertz CT molecular complexity index is 1120. The van der Waals surface area contributed by atoms with Crippen LogP contribution < -0.4 is 0 Å². The smallest absolute Gasteiger partial charge is 0.150 e. The molecule has 6 atom stereocenters. The first kappa shape index (κ1) is 21.3. The zero-order valence-corrected chi connectivity index (χ0v) is 20.0. The molecule has 4 heterocycles. The molecule has 5 heteroatoms. The fraction of sp³-hybridized carbons (Fsp3) is 0.429. The molecule has 2 aromatic carbocycles. The van der Waals surface area contributed by atoms with E-state index in [1.807, 2.05) is 38.1 Å². The molecule has 172 valence electrons. The second kappa shape index (κ2) is 6.65. The summed E-state index contributed by atoms with van der Waals surface area (Å²) in [7, 11) is 0. The van der Waals surface area contributed by atoms with Crippen LogP contribution in [0.3, 0.4) is 0 Å². The average Bonchev–Trinajstić information content (AvgIpc) is 2.81. The third-order valence-electron chi connectivity index (χ3n) is 7.96. The Hall–Kier alpha value is -2.28. The van der Waals surface area contributed by atoms with Crippen molar-refractivity contribution in [2.75, 3.05) is 0 Å². The predicted molar refractivity (Wildman–Crippen MR) is 123 cm³/mol. The van der Waals surface area contributed by atoms with E-state index in [1.165, 1.54) is 0 Å². The van der Waals surface area contributed by atoms with E-state index in [4.69, 9.17) is 24.3 Å². The normalized spacial score (nSPS) is 37.6. The lowest BCUT2D eigenvalue weighted by Crippen LogP contribution is -2.51. The van der Waals surface area contributed by atoms with Crippen molar-refractivity contribution in [1.29, 1.82) is 0 Å². The van der Waals surface area contributed by atoms with E-state index in [0.29, 0.717) is 0 Å². The van der Waals surface area contributed by atoms with Crippen molar-refractivity contribution in [3.05, 3.63) is 94.1 Å². The molecule has 0 radical (unpaired) electrons. The molecule has 33 heavy (non-hydrogen) atoms. The van der Waals surface area contributed by atoms with E-state index in [0.717, 1.165) is 33.4 Å². The summed E-state index contributed by atoms with van der Waals surface area (Å²) in [5.74, 6) is 0. The molecule has 0 aromatic heterocycles. The highest BCUT2D eigenvalue weighted by Gasteiger charge is 2.55. The van der Waals surface area contributed by atoms with Crippen molar-refractivity contribution in [2.45, 2.75) is 76.2 Å². The lowest BCUT2D eigenvalue weighted by molar-refractivity contribution is -0.422. The fourth-order valence-corrected chi connectivity index (χ4v) is 6.13. The van der Waals surface area contributed by atoms with Gasteiger partial charge in [-0.15, -0.1) is 0 Å². The van der Waals surface area contributed by atoms with Gasteiger partial charge in [0.05, 0.1) is 12.2 Å². The summed E-state index contributed by atoms with van der Waals surface area (Å²) in [4.78, 5) is 23.6. The van der Waals surface area contributed by atoms with E-state index in [2.05, 4.69) is 64.1 Å². The molecule has 8 rings (SSSR count). The van der Waals surface area contributed by atoms with E-state index >= 15 is 0 Å². The van der Waals surface area contributed by atoms with Gasteiger partial charge >= 0.3 is 0 Å². The molecule has 4 aliphatic heterocycles. The lowest BCUT2D eigenvalue weighted by Gasteiger charge is -2.51. The number of benzene rings is 2. The quantitative estimate of drug-likeness (QED) is 0.436. The van der Waals surface area contributed by atoms with Crippen LogP contribution in [0.1, 0.15) is 63.8 Å². The second-order valence-corrected chi connectivity index (χ2v) is 10.3. The standard InChI is InChI=1S/C28H30O5/c1-17(23-15-25(3)19-11-7-9-13-21(19)27(23,5)32-30-25)29-18(2)24-16-26(4)20-12-8-10-14-22(20)28(24,6)33-31-26/h7-18H,1-6H3. The molecular weight excluding hydrogens is 416 g/mol. The molecule has 0 N–H and O–H groups in total. The van der Waals surface area contributed by atoms with Crippen molar-refractivity contribution < 1.29 is 24.3 Å². The average molecular weight is 447 g/mol. The second-order valence-electron chi connectivity index (χ2n) is 10.3. The van der Waals surface area contributed by atoms with Gasteiger partial charge < -0.3 is 4.74 Å². The third kappa shape index (κ3) is 2.71. The monoisotopic (exact) mass is 446 g/mol. The Kier molecular flexibility index (Phi) is 4.28. The molecule has 6 unspecified atom stereocenters. The highest BCUT2D eigenvalue weighted by atomic mass is 17.2. The van der Waals surface area contributed by atoms with Crippen molar-refractivity contribution >= 4 is 0 Å². The van der Waals surface area contributed by atoms with Gasteiger partial charge in [0.15, 0.2) is 0 Å². The lowest BCUT2D eigenvalue weighted by atomic mass is 9.70. The van der Waals surface area contributed by atoms with Gasteiger partial charge in [0.2, 0.25) is 0 Å². The first-order chi connectivity index (χ1) is 15.6. The molecule has 0 saturated heterocycles. The van der Waals surface area contributed by atoms with Crippen LogP contribution in [0.25, 0.3) is 0 Å². The number of hydrogen-bond acceptors (Lipinski definition) is 5. The van der Waals surface area contributed by atoms with Crippen LogP contribution in [0.15, 0.2) is 71.8 Å². The van der Waals surface area contributed by atoms with Gasteiger partial charge in [-0.25, -0.2) is 19.6 Å². The molecule has 0 amide bonds. The molecular formula is C28H30O5. The molecule has 6 aliphatic rings. The molecule has 4 bridgehead atoms. The number of hydrogen-bond donors (Lipinski definition) is 0. The summed E-state index contributed by atoms with van der Waals surface area (Å²) >= 11 is 0. The van der Waals surface area contributed by atoms with E-state index in [-0.39, 0.29) is 12.2 Å². The highest BCUT2D eigenvalue weighted by Crippen LogP contribution is 2.55. The van der Waals surface area contributed by atoms with Gasteiger partial charge in [0.25, 0.3) is 0 Å². The van der Waals surface area contributed by atoms with Crippen molar-refractivity contribution in [1.82, 2.24) is 0 Å². The number of ether oxygens (including phenoxy) is 1. The van der Waals surface area contributed by atoms with E-state index < -0.39 is 22.4 Å². The van der Waals surface area contributed by atoms with Gasteiger partial charge in [0, 0.05) is 0 Å². The van der Waals surface area contributed by atoms with Crippen molar-refractivity contribution in [3.63, 3.8) is 0 Å². The topological polar surface area (TPSA) is 46.2 Å². The highest BCUT2D eigenvalue weighted by molar-refractivity contribution is 5.52. The Morgan fingerprint density at radius 1 is 0.576 bits per heavy atom. The van der Waals surface area contributed by atoms with Gasteiger partial charge in [-0.2, -0.15) is 0 Å². The van der Waals surface area contributed by atoms with Crippen LogP contribution in [0.4, 0.5) is 0 Å². The maximum absolute atomic E-state index is 6.68. The maximum atomic E-state index is 6.68. The summed E-state index contributed by atoms with van der Waals surface area (Å²) in [6, 6.07) is 16.6. The largest absolute Gasteiger partial charge is 0.367 e. The molecule has 5 nitrogen and oxygen atoms in total. The first-order valence-corrected chi connectivity index (χ1v) is 11.7. The van der Waals surface area contributed by atoms with Gasteiger partial charge in [-0.05, 0) is 87.1 Å². The Morgan fingerprint density at radius 2 is 0.939 bits per heavy atom.